The van der Waals surface area contributed by atoms with E-state index in [0.29, 0.717) is 0 Å². The quantitative estimate of drug-likeness (QED) is 0.195. The second kappa shape index (κ2) is 11.3. The Bertz CT molecular complexity index is 2180. The van der Waals surface area contributed by atoms with Gasteiger partial charge in [-0.25, -0.2) is 0 Å². The number of nitrogens with zero attached hydrogens (tertiary/aromatic N) is 2. The van der Waals surface area contributed by atoms with E-state index in [-0.39, 0.29) is 30.6 Å². The molecule has 4 aliphatic heterocycles. The zero-order valence-electron chi connectivity index (χ0n) is 26.9. The predicted octanol–water partition coefficient (Wildman–Crippen LogP) is 10.1. The summed E-state index contributed by atoms with van der Waals surface area (Å²) in [5.41, 5.74) is 6.66. The van der Waals surface area contributed by atoms with Crippen LogP contribution in [0.25, 0.3) is 21.5 Å². The molecule has 0 spiro atoms. The monoisotopic (exact) mass is 626 g/mol. The smallest absolute Gasteiger partial charge is 0.173 e. The third-order valence-electron chi connectivity index (χ3n) is 11.1. The second-order valence-electron chi connectivity index (χ2n) is 13.8. The van der Waals surface area contributed by atoms with Gasteiger partial charge in [0.25, 0.3) is 0 Å². The fourth-order valence-corrected chi connectivity index (χ4v) is 9.08. The van der Waals surface area contributed by atoms with Crippen LogP contribution in [0, 0.1) is 0 Å². The van der Waals surface area contributed by atoms with Crippen molar-refractivity contribution in [2.45, 2.75) is 62.7 Å². The largest absolute Gasteiger partial charge is 0.475 e. The molecule has 236 valence electrons. The van der Waals surface area contributed by atoms with E-state index in [9.17, 15) is 0 Å². The fraction of sp³-hybridized carbons (Fsp3) is 0.227. The molecule has 10 rings (SSSR count). The third-order valence-corrected chi connectivity index (χ3v) is 11.1. The summed E-state index contributed by atoms with van der Waals surface area (Å²) in [6, 6.07) is 48.9. The Morgan fingerprint density at radius 3 is 1.73 bits per heavy atom. The molecule has 0 amide bonds. The number of hydrogen-bond acceptors (Lipinski definition) is 4. The highest BCUT2D eigenvalue weighted by atomic mass is 16.5. The van der Waals surface area contributed by atoms with Gasteiger partial charge in [0.05, 0.1) is 12.1 Å². The van der Waals surface area contributed by atoms with E-state index in [0.717, 1.165) is 43.6 Å². The van der Waals surface area contributed by atoms with E-state index in [1.54, 1.807) is 0 Å². The number of benzene rings is 6. The lowest BCUT2D eigenvalue weighted by atomic mass is 9.82. The van der Waals surface area contributed by atoms with Gasteiger partial charge in [-0.15, -0.1) is 0 Å². The Morgan fingerprint density at radius 2 is 1.06 bits per heavy atom. The Morgan fingerprint density at radius 1 is 0.500 bits per heavy atom. The third kappa shape index (κ3) is 4.39. The minimum atomic E-state index is -0.0146. The average Bonchev–Trinajstić information content (AvgIpc) is 3.16. The second-order valence-corrected chi connectivity index (χ2v) is 13.8. The number of ether oxygens (including phenoxy) is 2. The standard InChI is InChI=1S/C44H38N2O2/c1-3-14-31(15-4-1)43-41-34-18-9-7-12-29(34)22-25-37(41)47-39-27-24-33(28-45(39)43)36-20-11-21-40-46(36)44(32-16-5-2-6-17-32)42-35-19-10-8-13-30(35)23-26-38(42)48-40/h1-10,12-19,22-23,25-26,28,36,39-40,43-44H,11,20-21,24,27H2/t36-,39+,40+,43-,44-/m0/s1. The zero-order chi connectivity index (χ0) is 31.6. The van der Waals surface area contributed by atoms with E-state index in [4.69, 9.17) is 9.47 Å². The lowest BCUT2D eigenvalue weighted by Crippen LogP contribution is -2.55. The van der Waals surface area contributed by atoms with Crippen molar-refractivity contribution in [1.29, 1.82) is 0 Å². The van der Waals surface area contributed by atoms with Crippen molar-refractivity contribution in [1.82, 2.24) is 9.80 Å². The van der Waals surface area contributed by atoms with Gasteiger partial charge in [-0.3, -0.25) is 4.90 Å². The van der Waals surface area contributed by atoms with E-state index < -0.39 is 0 Å². The maximum absolute atomic E-state index is 6.97. The van der Waals surface area contributed by atoms with Gasteiger partial charge in [-0.2, -0.15) is 0 Å². The van der Waals surface area contributed by atoms with Crippen LogP contribution in [0.2, 0.25) is 0 Å². The predicted molar refractivity (Wildman–Crippen MR) is 192 cm³/mol. The van der Waals surface area contributed by atoms with Gasteiger partial charge in [-0.1, -0.05) is 121 Å². The van der Waals surface area contributed by atoms with Crippen LogP contribution in [0.3, 0.4) is 0 Å². The summed E-state index contributed by atoms with van der Waals surface area (Å²) < 4.78 is 13.8. The number of fused-ring (bicyclic) bond motifs is 8. The molecular formula is C44H38N2O2. The van der Waals surface area contributed by atoms with E-state index in [2.05, 4.69) is 149 Å². The molecule has 4 heterocycles. The molecule has 1 saturated heterocycles. The highest BCUT2D eigenvalue weighted by Crippen LogP contribution is 2.52. The summed E-state index contributed by atoms with van der Waals surface area (Å²) in [4.78, 5) is 5.27. The van der Waals surface area contributed by atoms with Crippen LogP contribution >= 0.6 is 0 Å². The Kier molecular flexibility index (Phi) is 6.58. The van der Waals surface area contributed by atoms with Crippen LogP contribution in [0.5, 0.6) is 11.5 Å². The summed E-state index contributed by atoms with van der Waals surface area (Å²) in [6.07, 6.45) is 7.74. The van der Waals surface area contributed by atoms with Crippen LogP contribution in [0.15, 0.2) is 145 Å². The maximum atomic E-state index is 6.97. The number of hydrogen-bond donors (Lipinski definition) is 0. The van der Waals surface area contributed by atoms with Crippen LogP contribution in [0.4, 0.5) is 0 Å². The topological polar surface area (TPSA) is 24.9 Å². The van der Waals surface area contributed by atoms with Crippen molar-refractivity contribution < 1.29 is 9.47 Å². The lowest BCUT2D eigenvalue weighted by Gasteiger charge is -2.52. The van der Waals surface area contributed by atoms with Gasteiger partial charge in [0.15, 0.2) is 12.5 Å². The Balaban J connectivity index is 1.13. The summed E-state index contributed by atoms with van der Waals surface area (Å²) in [6.45, 7) is 0. The molecular weight excluding hydrogens is 588 g/mol. The Hall–Kier alpha value is -5.06. The van der Waals surface area contributed by atoms with Crippen LogP contribution in [0.1, 0.15) is 66.4 Å². The normalized spacial score (nSPS) is 24.8. The minimum absolute atomic E-state index is 0.0146. The molecule has 6 aromatic carbocycles. The molecule has 0 N–H and O–H groups in total. The van der Waals surface area contributed by atoms with Crippen LogP contribution < -0.4 is 9.47 Å². The van der Waals surface area contributed by atoms with Crippen molar-refractivity contribution in [3.8, 4) is 11.5 Å². The molecule has 0 bridgehead atoms. The molecule has 0 saturated carbocycles. The van der Waals surface area contributed by atoms with Gasteiger partial charge in [-0.05, 0) is 76.1 Å². The van der Waals surface area contributed by atoms with Crippen LogP contribution in [-0.2, 0) is 0 Å². The zero-order valence-corrected chi connectivity index (χ0v) is 26.9. The highest BCUT2D eigenvalue weighted by Gasteiger charge is 2.46. The molecule has 0 aromatic heterocycles. The van der Waals surface area contributed by atoms with E-state index in [1.807, 2.05) is 0 Å². The van der Waals surface area contributed by atoms with E-state index >= 15 is 0 Å². The summed E-state index contributed by atoms with van der Waals surface area (Å²) in [5, 5.41) is 5.05. The molecule has 6 aromatic rings. The SMILES string of the molecule is C1=C([C@@H]2CCC[C@H]3Oc4ccc5ccccc5c4[C@H](c4ccccc4)N32)CC[C@H]2Oc3ccc4ccccc4c3[C@H](c3ccccc3)N12. The van der Waals surface area contributed by atoms with Crippen molar-refractivity contribution >= 4 is 21.5 Å². The molecule has 5 atom stereocenters. The van der Waals surface area contributed by atoms with Gasteiger partial charge in [0, 0.05) is 29.8 Å². The first kappa shape index (κ1) is 28.0. The first-order chi connectivity index (χ1) is 23.8. The molecule has 0 aliphatic carbocycles. The maximum Gasteiger partial charge on any atom is 0.173 e. The summed E-state index contributed by atoms with van der Waals surface area (Å²) in [7, 11) is 0. The van der Waals surface area contributed by atoms with Crippen molar-refractivity contribution in [3.05, 3.63) is 167 Å². The Labute approximate surface area is 281 Å². The van der Waals surface area contributed by atoms with Gasteiger partial charge in [0.2, 0.25) is 0 Å². The highest BCUT2D eigenvalue weighted by molar-refractivity contribution is 5.90. The van der Waals surface area contributed by atoms with Gasteiger partial charge in [0.1, 0.15) is 11.5 Å². The summed E-state index contributed by atoms with van der Waals surface area (Å²) in [5.74, 6) is 2.04. The molecule has 48 heavy (non-hydrogen) atoms. The lowest BCUT2D eigenvalue weighted by molar-refractivity contribution is -0.0691. The van der Waals surface area contributed by atoms with Crippen molar-refractivity contribution in [2.24, 2.45) is 0 Å². The van der Waals surface area contributed by atoms with Gasteiger partial charge < -0.3 is 14.4 Å². The molecule has 0 unspecified atom stereocenters. The molecule has 1 fully saturated rings. The van der Waals surface area contributed by atoms with Crippen molar-refractivity contribution in [3.63, 3.8) is 0 Å². The van der Waals surface area contributed by atoms with Crippen molar-refractivity contribution in [2.75, 3.05) is 0 Å². The number of piperidine rings is 1. The molecule has 0 radical (unpaired) electrons. The van der Waals surface area contributed by atoms with E-state index in [1.165, 1.54) is 49.4 Å². The minimum Gasteiger partial charge on any atom is -0.475 e. The summed E-state index contributed by atoms with van der Waals surface area (Å²) >= 11 is 0. The molecule has 4 aliphatic rings. The molecule has 4 heteroatoms. The average molecular weight is 627 g/mol. The molecule has 4 nitrogen and oxygen atoms in total. The first-order valence-corrected chi connectivity index (χ1v) is 17.5. The van der Waals surface area contributed by atoms with Crippen LogP contribution in [-0.4, -0.2) is 28.3 Å². The van der Waals surface area contributed by atoms with Gasteiger partial charge >= 0.3 is 0 Å². The first-order valence-electron chi connectivity index (χ1n) is 17.5. The fourth-order valence-electron chi connectivity index (χ4n) is 9.08. The number of rotatable bonds is 3.